The van der Waals surface area contributed by atoms with Crippen LogP contribution in [0.25, 0.3) is 10.9 Å². The van der Waals surface area contributed by atoms with Crippen LogP contribution in [0.4, 0.5) is 11.8 Å². The van der Waals surface area contributed by atoms with Gasteiger partial charge >= 0.3 is 0 Å². The number of aromatic hydroxyl groups is 1. The SMILES string of the molecule is C.COc1ccc(CNCCC2CCC(Nc3nc(N(C)C)c4ccccc4n3)CC2)c(OC)c1O. The highest BCUT2D eigenvalue weighted by atomic mass is 16.5. The molecule has 0 radical (unpaired) electrons. The lowest BCUT2D eigenvalue weighted by Gasteiger charge is -2.29. The van der Waals surface area contributed by atoms with Gasteiger partial charge in [-0.25, -0.2) is 4.98 Å². The Morgan fingerprint density at radius 3 is 2.44 bits per heavy atom. The number of benzene rings is 2. The van der Waals surface area contributed by atoms with Gasteiger partial charge in [-0.05, 0) is 62.8 Å². The van der Waals surface area contributed by atoms with E-state index >= 15 is 0 Å². The van der Waals surface area contributed by atoms with E-state index in [0.29, 0.717) is 36.0 Å². The molecule has 1 fully saturated rings. The van der Waals surface area contributed by atoms with Crippen molar-refractivity contribution in [1.29, 1.82) is 0 Å². The van der Waals surface area contributed by atoms with Crippen molar-refractivity contribution in [2.24, 2.45) is 5.92 Å². The Balaban J connectivity index is 0.00000361. The van der Waals surface area contributed by atoms with Crippen molar-refractivity contribution < 1.29 is 14.6 Å². The molecule has 0 bridgehead atoms. The van der Waals surface area contributed by atoms with Crippen LogP contribution in [0.5, 0.6) is 17.2 Å². The van der Waals surface area contributed by atoms with E-state index in [-0.39, 0.29) is 13.2 Å². The van der Waals surface area contributed by atoms with Gasteiger partial charge in [-0.2, -0.15) is 4.98 Å². The summed E-state index contributed by atoms with van der Waals surface area (Å²) in [7, 11) is 7.14. The minimum atomic E-state index is 0. The van der Waals surface area contributed by atoms with Crippen molar-refractivity contribution >= 4 is 22.7 Å². The number of phenols is 1. The van der Waals surface area contributed by atoms with Crippen LogP contribution >= 0.6 is 0 Å². The minimum absolute atomic E-state index is 0. The van der Waals surface area contributed by atoms with Gasteiger partial charge in [0.2, 0.25) is 11.7 Å². The fraction of sp³-hybridized carbons (Fsp3) is 0.500. The lowest BCUT2D eigenvalue weighted by molar-refractivity contribution is 0.315. The van der Waals surface area contributed by atoms with Gasteiger partial charge in [-0.15, -0.1) is 0 Å². The third-order valence-corrected chi connectivity index (χ3v) is 6.83. The molecule has 1 saturated carbocycles. The normalized spacial score (nSPS) is 17.3. The largest absolute Gasteiger partial charge is 0.502 e. The van der Waals surface area contributed by atoms with Crippen LogP contribution in [-0.4, -0.2) is 56.0 Å². The second kappa shape index (κ2) is 12.6. The van der Waals surface area contributed by atoms with E-state index in [1.165, 1.54) is 20.0 Å². The number of hydrogen-bond donors (Lipinski definition) is 3. The summed E-state index contributed by atoms with van der Waals surface area (Å²) in [5.74, 6) is 3.31. The molecule has 1 aliphatic carbocycles. The van der Waals surface area contributed by atoms with E-state index in [1.807, 2.05) is 43.3 Å². The second-order valence-corrected chi connectivity index (χ2v) is 9.42. The number of rotatable bonds is 10. The van der Waals surface area contributed by atoms with E-state index < -0.39 is 0 Å². The maximum Gasteiger partial charge on any atom is 0.225 e. The Kier molecular flexibility index (Phi) is 9.58. The zero-order valence-corrected chi connectivity index (χ0v) is 21.2. The molecule has 1 aromatic heterocycles. The number of ether oxygens (including phenoxy) is 2. The molecule has 2 aromatic carbocycles. The first-order valence-corrected chi connectivity index (χ1v) is 12.3. The summed E-state index contributed by atoms with van der Waals surface area (Å²) < 4.78 is 10.5. The number of anilines is 2. The van der Waals surface area contributed by atoms with E-state index in [4.69, 9.17) is 19.4 Å². The van der Waals surface area contributed by atoms with E-state index in [9.17, 15) is 5.11 Å². The predicted octanol–water partition coefficient (Wildman–Crippen LogP) is 5.21. The molecule has 3 N–H and O–H groups in total. The first-order chi connectivity index (χ1) is 17.0. The monoisotopic (exact) mass is 495 g/mol. The highest BCUT2D eigenvalue weighted by molar-refractivity contribution is 5.90. The van der Waals surface area contributed by atoms with Crippen LogP contribution in [-0.2, 0) is 6.54 Å². The summed E-state index contributed by atoms with van der Waals surface area (Å²) in [5.41, 5.74) is 1.89. The van der Waals surface area contributed by atoms with Crippen molar-refractivity contribution in [3.63, 3.8) is 0 Å². The summed E-state index contributed by atoms with van der Waals surface area (Å²) in [6.45, 7) is 1.57. The molecule has 0 amide bonds. The van der Waals surface area contributed by atoms with E-state index in [0.717, 1.165) is 48.1 Å². The zero-order valence-electron chi connectivity index (χ0n) is 21.2. The number of para-hydroxylation sites is 1. The molecule has 0 saturated heterocycles. The molecule has 3 aromatic rings. The van der Waals surface area contributed by atoms with Crippen molar-refractivity contribution in [2.45, 2.75) is 52.1 Å². The fourth-order valence-corrected chi connectivity index (χ4v) is 4.90. The molecule has 4 rings (SSSR count). The molecular weight excluding hydrogens is 454 g/mol. The summed E-state index contributed by atoms with van der Waals surface area (Å²) in [4.78, 5) is 11.6. The smallest absolute Gasteiger partial charge is 0.225 e. The Morgan fingerprint density at radius 2 is 1.75 bits per heavy atom. The molecule has 0 unspecified atom stereocenters. The minimum Gasteiger partial charge on any atom is -0.502 e. The van der Waals surface area contributed by atoms with Gasteiger partial charge in [0.05, 0.1) is 19.7 Å². The van der Waals surface area contributed by atoms with Crippen molar-refractivity contribution in [3.05, 3.63) is 42.0 Å². The van der Waals surface area contributed by atoms with Crippen LogP contribution in [0.1, 0.15) is 45.1 Å². The topological polar surface area (TPSA) is 91.8 Å². The Bertz CT molecular complexity index is 1130. The van der Waals surface area contributed by atoms with Gasteiger partial charge < -0.3 is 30.1 Å². The third kappa shape index (κ3) is 6.29. The fourth-order valence-electron chi connectivity index (χ4n) is 4.90. The first-order valence-electron chi connectivity index (χ1n) is 12.3. The molecular formula is C28H41N5O3. The van der Waals surface area contributed by atoms with Crippen LogP contribution in [0.2, 0.25) is 0 Å². The lowest BCUT2D eigenvalue weighted by Crippen LogP contribution is -2.28. The van der Waals surface area contributed by atoms with Gasteiger partial charge in [0, 0.05) is 37.6 Å². The van der Waals surface area contributed by atoms with Crippen molar-refractivity contribution in [3.8, 4) is 17.2 Å². The number of hydrogen-bond acceptors (Lipinski definition) is 8. The highest BCUT2D eigenvalue weighted by Crippen LogP contribution is 2.38. The van der Waals surface area contributed by atoms with Crippen molar-refractivity contribution in [1.82, 2.24) is 15.3 Å². The summed E-state index contributed by atoms with van der Waals surface area (Å²) >= 11 is 0. The lowest BCUT2D eigenvalue weighted by atomic mass is 9.84. The molecule has 196 valence electrons. The number of aromatic nitrogens is 2. The van der Waals surface area contributed by atoms with E-state index in [1.54, 1.807) is 13.2 Å². The van der Waals surface area contributed by atoms with Crippen LogP contribution in [0.3, 0.4) is 0 Å². The molecule has 0 atom stereocenters. The standard InChI is InChI=1S/C27H37N5O3.CH4/c1-32(2)26-21-7-5-6-8-22(21)30-27(31-26)29-20-12-9-18(10-13-20)15-16-28-17-19-11-14-23(34-3)24(33)25(19)35-4;/h5-8,11,14,18,20,28,33H,9-10,12-13,15-17H2,1-4H3,(H,29,30,31);1H4. The average molecular weight is 496 g/mol. The van der Waals surface area contributed by atoms with E-state index in [2.05, 4.69) is 16.7 Å². The highest BCUT2D eigenvalue weighted by Gasteiger charge is 2.22. The van der Waals surface area contributed by atoms with Gasteiger partial charge in [-0.3, -0.25) is 0 Å². The summed E-state index contributed by atoms with van der Waals surface area (Å²) in [6.07, 6.45) is 5.77. The Hall–Kier alpha value is -3.26. The number of nitrogens with zero attached hydrogens (tertiary/aromatic N) is 3. The molecule has 1 heterocycles. The average Bonchev–Trinajstić information content (AvgIpc) is 2.87. The third-order valence-electron chi connectivity index (χ3n) is 6.83. The number of methoxy groups -OCH3 is 2. The maximum atomic E-state index is 10.3. The summed E-state index contributed by atoms with van der Waals surface area (Å²) in [5, 5.41) is 18.4. The van der Waals surface area contributed by atoms with Gasteiger partial charge in [0.25, 0.3) is 0 Å². The zero-order chi connectivity index (χ0) is 24.8. The Labute approximate surface area is 215 Å². The number of phenolic OH excluding ortho intramolecular Hbond substituents is 1. The van der Waals surface area contributed by atoms with Gasteiger partial charge in [0.1, 0.15) is 5.82 Å². The van der Waals surface area contributed by atoms with Gasteiger partial charge in [-0.1, -0.05) is 25.6 Å². The second-order valence-electron chi connectivity index (χ2n) is 9.42. The Morgan fingerprint density at radius 1 is 1.00 bits per heavy atom. The molecule has 0 aliphatic heterocycles. The van der Waals surface area contributed by atoms with Crippen LogP contribution in [0, 0.1) is 5.92 Å². The number of nitrogens with one attached hydrogen (secondary N) is 2. The quantitative estimate of drug-likeness (QED) is 0.330. The first kappa shape index (κ1) is 27.3. The molecule has 8 heteroatoms. The van der Waals surface area contributed by atoms with Crippen LogP contribution in [0.15, 0.2) is 36.4 Å². The predicted molar refractivity (Wildman–Crippen MR) is 147 cm³/mol. The molecule has 0 spiro atoms. The van der Waals surface area contributed by atoms with Crippen molar-refractivity contribution in [2.75, 3.05) is 45.1 Å². The summed E-state index contributed by atoms with van der Waals surface area (Å²) in [6, 6.07) is 12.3. The van der Waals surface area contributed by atoms with Gasteiger partial charge in [0.15, 0.2) is 11.5 Å². The molecule has 8 nitrogen and oxygen atoms in total. The van der Waals surface area contributed by atoms with Crippen LogP contribution < -0.4 is 25.0 Å². The molecule has 1 aliphatic rings. The number of fused-ring (bicyclic) bond motifs is 1. The molecule has 36 heavy (non-hydrogen) atoms. The maximum absolute atomic E-state index is 10.3.